The van der Waals surface area contributed by atoms with Crippen molar-refractivity contribution in [2.24, 2.45) is 5.92 Å². The van der Waals surface area contributed by atoms with E-state index in [0.29, 0.717) is 5.92 Å². The van der Waals surface area contributed by atoms with Gasteiger partial charge in [-0.15, -0.1) is 0 Å². The Balaban J connectivity index is 1.94. The molecule has 2 rings (SSSR count). The fraction of sp³-hybridized carbons (Fsp3) is 0.600. The van der Waals surface area contributed by atoms with Gasteiger partial charge in [0, 0.05) is 37.6 Å². The lowest BCUT2D eigenvalue weighted by atomic mass is 10.00. The summed E-state index contributed by atoms with van der Waals surface area (Å²) in [5, 5.41) is 2.89. The highest BCUT2D eigenvalue weighted by molar-refractivity contribution is 6.04. The van der Waals surface area contributed by atoms with Gasteiger partial charge in [0.1, 0.15) is 6.42 Å². The van der Waals surface area contributed by atoms with Crippen LogP contribution in [0, 0.1) is 12.8 Å². The van der Waals surface area contributed by atoms with E-state index in [0.717, 1.165) is 56.0 Å². The minimum Gasteiger partial charge on any atom is -0.372 e. The first-order chi connectivity index (χ1) is 11.9. The molecule has 1 unspecified atom stereocenters. The fourth-order valence-electron chi connectivity index (χ4n) is 3.43. The summed E-state index contributed by atoms with van der Waals surface area (Å²) in [6.07, 6.45) is 2.11. The number of likely N-dealkylation sites (tertiary alicyclic amines) is 1. The van der Waals surface area contributed by atoms with E-state index in [-0.39, 0.29) is 18.2 Å². The molecule has 1 aliphatic rings. The molecule has 0 saturated carbocycles. The lowest BCUT2D eigenvalue weighted by Crippen LogP contribution is -2.40. The van der Waals surface area contributed by atoms with Crippen molar-refractivity contribution < 1.29 is 9.59 Å². The smallest absolute Gasteiger partial charge is 0.233 e. The van der Waals surface area contributed by atoms with Crippen LogP contribution in [0.2, 0.25) is 0 Å². The monoisotopic (exact) mass is 345 g/mol. The molecule has 25 heavy (non-hydrogen) atoms. The molecule has 1 aromatic carbocycles. The van der Waals surface area contributed by atoms with Crippen LogP contribution in [0.15, 0.2) is 18.2 Å². The Morgan fingerprint density at radius 1 is 1.28 bits per heavy atom. The fourth-order valence-corrected chi connectivity index (χ4v) is 3.43. The number of piperidine rings is 1. The van der Waals surface area contributed by atoms with Gasteiger partial charge in [-0.1, -0.05) is 6.92 Å². The van der Waals surface area contributed by atoms with Crippen LogP contribution in [0.3, 0.4) is 0 Å². The molecule has 0 bridgehead atoms. The molecule has 1 heterocycles. The number of hydrogen-bond acceptors (Lipinski definition) is 3. The van der Waals surface area contributed by atoms with E-state index in [1.165, 1.54) is 0 Å². The van der Waals surface area contributed by atoms with Crippen LogP contribution in [0.1, 0.15) is 45.6 Å². The topological polar surface area (TPSA) is 52.7 Å². The van der Waals surface area contributed by atoms with Gasteiger partial charge in [-0.05, 0) is 63.3 Å². The van der Waals surface area contributed by atoms with Crippen molar-refractivity contribution in [2.75, 3.05) is 36.4 Å². The van der Waals surface area contributed by atoms with E-state index < -0.39 is 0 Å². The highest BCUT2D eigenvalue weighted by Gasteiger charge is 2.22. The lowest BCUT2D eigenvalue weighted by Gasteiger charge is -2.30. The molecule has 1 atom stereocenters. The van der Waals surface area contributed by atoms with Crippen molar-refractivity contribution in [3.05, 3.63) is 23.8 Å². The third-order valence-electron chi connectivity index (χ3n) is 4.93. The van der Waals surface area contributed by atoms with Gasteiger partial charge in [0.2, 0.25) is 11.8 Å². The number of nitrogens with zero attached hydrogens (tertiary/aromatic N) is 2. The summed E-state index contributed by atoms with van der Waals surface area (Å²) < 4.78 is 0. The number of rotatable bonds is 6. The van der Waals surface area contributed by atoms with Crippen LogP contribution in [0.25, 0.3) is 0 Å². The zero-order chi connectivity index (χ0) is 18.4. The lowest BCUT2D eigenvalue weighted by molar-refractivity contribution is -0.136. The summed E-state index contributed by atoms with van der Waals surface area (Å²) >= 11 is 0. The van der Waals surface area contributed by atoms with Gasteiger partial charge in [-0.2, -0.15) is 0 Å². The molecule has 1 N–H and O–H groups in total. The zero-order valence-corrected chi connectivity index (χ0v) is 16.0. The Kier molecular flexibility index (Phi) is 6.85. The number of anilines is 2. The predicted molar refractivity (Wildman–Crippen MR) is 103 cm³/mol. The van der Waals surface area contributed by atoms with Crippen molar-refractivity contribution in [1.29, 1.82) is 0 Å². The van der Waals surface area contributed by atoms with Gasteiger partial charge in [-0.3, -0.25) is 9.59 Å². The Hall–Kier alpha value is -2.04. The van der Waals surface area contributed by atoms with E-state index in [1.54, 1.807) is 0 Å². The van der Waals surface area contributed by atoms with E-state index in [4.69, 9.17) is 0 Å². The number of benzene rings is 1. The first-order valence-electron chi connectivity index (χ1n) is 9.37. The molecule has 0 spiro atoms. The van der Waals surface area contributed by atoms with E-state index >= 15 is 0 Å². The Labute approximate surface area is 151 Å². The van der Waals surface area contributed by atoms with Gasteiger partial charge >= 0.3 is 0 Å². The molecule has 1 aliphatic heterocycles. The molecule has 2 amide bonds. The molecule has 1 saturated heterocycles. The Bertz CT molecular complexity index is 611. The van der Waals surface area contributed by atoms with Gasteiger partial charge in [0.15, 0.2) is 0 Å². The number of nitrogens with one attached hydrogen (secondary N) is 1. The highest BCUT2D eigenvalue weighted by atomic mass is 16.2. The normalized spacial score (nSPS) is 17.3. The predicted octanol–water partition coefficient (Wildman–Crippen LogP) is 3.43. The molecule has 0 aliphatic carbocycles. The minimum absolute atomic E-state index is 0.0681. The SMILES string of the molecule is CCN(CC)c1ccc(NC(=O)CC(=O)N2CCCC(C)C2)c(C)c1. The van der Waals surface area contributed by atoms with Crippen LogP contribution in [0.5, 0.6) is 0 Å². The maximum Gasteiger partial charge on any atom is 0.233 e. The third kappa shape index (κ3) is 5.21. The first kappa shape index (κ1) is 19.3. The summed E-state index contributed by atoms with van der Waals surface area (Å²) in [6.45, 7) is 11.8. The number of carbonyl (C=O) groups excluding carboxylic acids is 2. The average molecular weight is 345 g/mol. The third-order valence-corrected chi connectivity index (χ3v) is 4.93. The van der Waals surface area contributed by atoms with Gasteiger partial charge in [0.05, 0.1) is 0 Å². The van der Waals surface area contributed by atoms with Crippen molar-refractivity contribution in [1.82, 2.24) is 4.90 Å². The Morgan fingerprint density at radius 2 is 2.00 bits per heavy atom. The summed E-state index contributed by atoms with van der Waals surface area (Å²) in [7, 11) is 0. The maximum absolute atomic E-state index is 12.3. The quantitative estimate of drug-likeness (QED) is 0.804. The molecule has 0 aromatic heterocycles. The Morgan fingerprint density at radius 3 is 2.60 bits per heavy atom. The van der Waals surface area contributed by atoms with E-state index in [2.05, 4.69) is 37.1 Å². The van der Waals surface area contributed by atoms with Gasteiger partial charge in [0.25, 0.3) is 0 Å². The van der Waals surface area contributed by atoms with Gasteiger partial charge in [-0.25, -0.2) is 0 Å². The van der Waals surface area contributed by atoms with E-state index in [1.807, 2.05) is 24.0 Å². The molecule has 5 heteroatoms. The maximum atomic E-state index is 12.3. The number of carbonyl (C=O) groups is 2. The van der Waals surface area contributed by atoms with Crippen LogP contribution >= 0.6 is 0 Å². The second-order valence-corrected chi connectivity index (χ2v) is 6.98. The van der Waals surface area contributed by atoms with Crippen LogP contribution < -0.4 is 10.2 Å². The summed E-state index contributed by atoms with van der Waals surface area (Å²) in [5.41, 5.74) is 2.94. The van der Waals surface area contributed by atoms with Gasteiger partial charge < -0.3 is 15.1 Å². The summed E-state index contributed by atoms with van der Waals surface area (Å²) in [4.78, 5) is 28.7. The molecule has 1 fully saturated rings. The van der Waals surface area contributed by atoms with Crippen molar-refractivity contribution in [2.45, 2.75) is 47.0 Å². The summed E-state index contributed by atoms with van der Waals surface area (Å²) in [5.74, 6) is 0.221. The highest BCUT2D eigenvalue weighted by Crippen LogP contribution is 2.23. The second-order valence-electron chi connectivity index (χ2n) is 6.98. The molecular weight excluding hydrogens is 314 g/mol. The molecule has 5 nitrogen and oxygen atoms in total. The molecule has 0 radical (unpaired) electrons. The second kappa shape index (κ2) is 8.88. The van der Waals surface area contributed by atoms with Crippen LogP contribution in [0.4, 0.5) is 11.4 Å². The molecular formula is C20H31N3O2. The van der Waals surface area contributed by atoms with Crippen LogP contribution in [-0.2, 0) is 9.59 Å². The van der Waals surface area contributed by atoms with Crippen molar-refractivity contribution >= 4 is 23.2 Å². The van der Waals surface area contributed by atoms with Crippen molar-refractivity contribution in [3.8, 4) is 0 Å². The number of hydrogen-bond donors (Lipinski definition) is 1. The van der Waals surface area contributed by atoms with Crippen LogP contribution in [-0.4, -0.2) is 42.9 Å². The number of aryl methyl sites for hydroxylation is 1. The summed E-state index contributed by atoms with van der Waals surface area (Å²) in [6, 6.07) is 6.02. The minimum atomic E-state index is -0.234. The average Bonchev–Trinajstić information content (AvgIpc) is 2.58. The molecule has 1 aromatic rings. The molecule has 138 valence electrons. The largest absolute Gasteiger partial charge is 0.372 e. The zero-order valence-electron chi connectivity index (χ0n) is 16.0. The number of amides is 2. The standard InChI is InChI=1S/C20H31N3O2/c1-5-22(6-2)17-9-10-18(16(4)12-17)21-19(24)13-20(25)23-11-7-8-15(3)14-23/h9-10,12,15H,5-8,11,13-14H2,1-4H3,(H,21,24). The van der Waals surface area contributed by atoms with Crippen molar-refractivity contribution in [3.63, 3.8) is 0 Å². The first-order valence-corrected chi connectivity index (χ1v) is 9.37. The van der Waals surface area contributed by atoms with E-state index in [9.17, 15) is 9.59 Å².